The standard InChI is InChI=1S/C16H26N4/c1-12-13(10-17-14-4-5-14)11-18-15(19-12)20-8-6-16(2,3)7-9-20/h11,14,17H,4-10H2,1-3H3. The summed E-state index contributed by atoms with van der Waals surface area (Å²) in [4.78, 5) is 11.6. The zero-order valence-corrected chi connectivity index (χ0v) is 12.9. The summed E-state index contributed by atoms with van der Waals surface area (Å²) in [6.07, 6.45) is 7.09. The highest BCUT2D eigenvalue weighted by Crippen LogP contribution is 2.31. The van der Waals surface area contributed by atoms with E-state index < -0.39 is 0 Å². The molecule has 0 aromatic carbocycles. The van der Waals surface area contributed by atoms with Crippen molar-refractivity contribution in [3.8, 4) is 0 Å². The quantitative estimate of drug-likeness (QED) is 0.916. The van der Waals surface area contributed by atoms with E-state index in [1.165, 1.54) is 31.2 Å². The highest BCUT2D eigenvalue weighted by Gasteiger charge is 2.26. The molecule has 2 fully saturated rings. The molecule has 1 aliphatic carbocycles. The average Bonchev–Trinajstić information content (AvgIpc) is 3.21. The monoisotopic (exact) mass is 274 g/mol. The summed E-state index contributed by atoms with van der Waals surface area (Å²) in [5.74, 6) is 0.910. The number of nitrogens with zero attached hydrogens (tertiary/aromatic N) is 3. The minimum Gasteiger partial charge on any atom is -0.341 e. The topological polar surface area (TPSA) is 41.1 Å². The molecule has 0 atom stereocenters. The minimum absolute atomic E-state index is 0.472. The molecule has 3 rings (SSSR count). The van der Waals surface area contributed by atoms with Crippen LogP contribution in [0.15, 0.2) is 6.20 Å². The van der Waals surface area contributed by atoms with Gasteiger partial charge in [-0.25, -0.2) is 9.97 Å². The normalized spacial score (nSPS) is 22.1. The van der Waals surface area contributed by atoms with E-state index in [2.05, 4.69) is 36.0 Å². The van der Waals surface area contributed by atoms with E-state index in [0.717, 1.165) is 37.3 Å². The van der Waals surface area contributed by atoms with Crippen LogP contribution in [0, 0.1) is 12.3 Å². The Kier molecular flexibility index (Phi) is 3.67. The van der Waals surface area contributed by atoms with Gasteiger partial charge >= 0.3 is 0 Å². The van der Waals surface area contributed by atoms with Crippen LogP contribution in [-0.2, 0) is 6.54 Å². The van der Waals surface area contributed by atoms with Gasteiger partial charge in [0.1, 0.15) is 0 Å². The third kappa shape index (κ3) is 3.29. The Morgan fingerprint density at radius 2 is 2.00 bits per heavy atom. The molecule has 0 amide bonds. The van der Waals surface area contributed by atoms with Gasteiger partial charge in [-0.1, -0.05) is 13.8 Å². The lowest BCUT2D eigenvalue weighted by Gasteiger charge is -2.37. The van der Waals surface area contributed by atoms with Crippen LogP contribution in [0.1, 0.15) is 50.8 Å². The fraction of sp³-hybridized carbons (Fsp3) is 0.750. The number of nitrogens with one attached hydrogen (secondary N) is 1. The Bertz CT molecular complexity index is 469. The Balaban J connectivity index is 1.63. The lowest BCUT2D eigenvalue weighted by molar-refractivity contribution is 0.278. The van der Waals surface area contributed by atoms with Crippen molar-refractivity contribution < 1.29 is 0 Å². The van der Waals surface area contributed by atoms with E-state index in [9.17, 15) is 0 Å². The van der Waals surface area contributed by atoms with Crippen molar-refractivity contribution in [1.82, 2.24) is 15.3 Å². The molecule has 0 unspecified atom stereocenters. The number of anilines is 1. The number of aromatic nitrogens is 2. The van der Waals surface area contributed by atoms with Crippen LogP contribution in [-0.4, -0.2) is 29.1 Å². The fourth-order valence-corrected chi connectivity index (χ4v) is 2.66. The predicted molar refractivity (Wildman–Crippen MR) is 81.9 cm³/mol. The van der Waals surface area contributed by atoms with Crippen LogP contribution in [0.5, 0.6) is 0 Å². The van der Waals surface area contributed by atoms with Crippen LogP contribution in [0.3, 0.4) is 0 Å². The highest BCUT2D eigenvalue weighted by atomic mass is 15.3. The predicted octanol–water partition coefficient (Wildman–Crippen LogP) is 2.66. The van der Waals surface area contributed by atoms with E-state index >= 15 is 0 Å². The smallest absolute Gasteiger partial charge is 0.225 e. The number of aryl methyl sites for hydroxylation is 1. The van der Waals surface area contributed by atoms with E-state index in [0.29, 0.717) is 5.41 Å². The van der Waals surface area contributed by atoms with Crippen LogP contribution in [0.2, 0.25) is 0 Å². The molecule has 1 aromatic heterocycles. The van der Waals surface area contributed by atoms with Gasteiger partial charge < -0.3 is 10.2 Å². The summed E-state index contributed by atoms with van der Waals surface area (Å²) < 4.78 is 0. The van der Waals surface area contributed by atoms with Gasteiger partial charge in [0, 0.05) is 43.1 Å². The zero-order valence-electron chi connectivity index (χ0n) is 12.9. The van der Waals surface area contributed by atoms with Crippen molar-refractivity contribution in [1.29, 1.82) is 0 Å². The van der Waals surface area contributed by atoms with Crippen LogP contribution in [0.25, 0.3) is 0 Å². The largest absolute Gasteiger partial charge is 0.341 e. The summed E-state index contributed by atoms with van der Waals surface area (Å²) in [6, 6.07) is 0.735. The van der Waals surface area contributed by atoms with Crippen LogP contribution >= 0.6 is 0 Å². The van der Waals surface area contributed by atoms with Crippen molar-refractivity contribution in [2.45, 2.75) is 59.0 Å². The maximum absolute atomic E-state index is 4.72. The first kappa shape index (κ1) is 13.8. The summed E-state index contributed by atoms with van der Waals surface area (Å²) in [5, 5.41) is 3.53. The van der Waals surface area contributed by atoms with Gasteiger partial charge in [0.05, 0.1) is 0 Å². The van der Waals surface area contributed by atoms with Gasteiger partial charge in [0.25, 0.3) is 0 Å². The molecular formula is C16H26N4. The summed E-state index contributed by atoms with van der Waals surface area (Å²) in [7, 11) is 0. The first-order chi connectivity index (χ1) is 9.53. The number of hydrogen-bond donors (Lipinski definition) is 1. The van der Waals surface area contributed by atoms with Crippen molar-refractivity contribution >= 4 is 5.95 Å². The third-order valence-electron chi connectivity index (χ3n) is 4.63. The fourth-order valence-electron chi connectivity index (χ4n) is 2.66. The Morgan fingerprint density at radius 1 is 1.30 bits per heavy atom. The molecule has 1 N–H and O–H groups in total. The van der Waals surface area contributed by atoms with E-state index in [1.54, 1.807) is 0 Å². The summed E-state index contributed by atoms with van der Waals surface area (Å²) in [6.45, 7) is 9.86. The van der Waals surface area contributed by atoms with Crippen LogP contribution < -0.4 is 10.2 Å². The summed E-state index contributed by atoms with van der Waals surface area (Å²) >= 11 is 0. The van der Waals surface area contributed by atoms with Gasteiger partial charge in [0.15, 0.2) is 0 Å². The molecule has 1 saturated carbocycles. The molecule has 1 aliphatic heterocycles. The second-order valence-electron chi connectivity index (χ2n) is 7.09. The van der Waals surface area contributed by atoms with Gasteiger partial charge in [0.2, 0.25) is 5.95 Å². The molecule has 4 heteroatoms. The number of rotatable bonds is 4. The SMILES string of the molecule is Cc1nc(N2CCC(C)(C)CC2)ncc1CNC1CC1. The zero-order chi connectivity index (χ0) is 14.2. The van der Waals surface area contributed by atoms with E-state index in [4.69, 9.17) is 4.98 Å². The molecular weight excluding hydrogens is 248 g/mol. The highest BCUT2D eigenvalue weighted by molar-refractivity contribution is 5.33. The van der Waals surface area contributed by atoms with Gasteiger partial charge in [-0.2, -0.15) is 0 Å². The molecule has 0 spiro atoms. The number of piperidine rings is 1. The lowest BCUT2D eigenvalue weighted by Crippen LogP contribution is -2.38. The van der Waals surface area contributed by atoms with Crippen molar-refractivity contribution in [2.75, 3.05) is 18.0 Å². The Morgan fingerprint density at radius 3 is 2.60 bits per heavy atom. The molecule has 1 aromatic rings. The van der Waals surface area contributed by atoms with E-state index in [1.807, 2.05) is 6.20 Å². The van der Waals surface area contributed by atoms with Gasteiger partial charge in [-0.3, -0.25) is 0 Å². The third-order valence-corrected chi connectivity index (χ3v) is 4.63. The van der Waals surface area contributed by atoms with Crippen molar-refractivity contribution in [3.63, 3.8) is 0 Å². The first-order valence-corrected chi connectivity index (χ1v) is 7.84. The van der Waals surface area contributed by atoms with E-state index in [-0.39, 0.29) is 0 Å². The van der Waals surface area contributed by atoms with Crippen LogP contribution in [0.4, 0.5) is 5.95 Å². The number of hydrogen-bond acceptors (Lipinski definition) is 4. The lowest BCUT2D eigenvalue weighted by atomic mass is 9.83. The average molecular weight is 274 g/mol. The second-order valence-corrected chi connectivity index (χ2v) is 7.09. The van der Waals surface area contributed by atoms with Gasteiger partial charge in [-0.05, 0) is 38.0 Å². The molecule has 2 aliphatic rings. The molecule has 0 radical (unpaired) electrons. The van der Waals surface area contributed by atoms with Crippen molar-refractivity contribution in [2.24, 2.45) is 5.41 Å². The Hall–Kier alpha value is -1.16. The Labute approximate surface area is 122 Å². The summed E-state index contributed by atoms with van der Waals surface area (Å²) in [5.41, 5.74) is 2.82. The molecule has 20 heavy (non-hydrogen) atoms. The maximum atomic E-state index is 4.72. The molecule has 110 valence electrons. The molecule has 2 heterocycles. The molecule has 4 nitrogen and oxygen atoms in total. The minimum atomic E-state index is 0.472. The van der Waals surface area contributed by atoms with Crippen molar-refractivity contribution in [3.05, 3.63) is 17.5 Å². The second kappa shape index (κ2) is 5.32. The first-order valence-electron chi connectivity index (χ1n) is 7.84. The molecule has 0 bridgehead atoms. The van der Waals surface area contributed by atoms with Gasteiger partial charge in [-0.15, -0.1) is 0 Å². The molecule has 1 saturated heterocycles. The maximum Gasteiger partial charge on any atom is 0.225 e.